The van der Waals surface area contributed by atoms with Crippen molar-refractivity contribution >= 4 is 12.1 Å². The van der Waals surface area contributed by atoms with Crippen LogP contribution in [0.1, 0.15) is 27.2 Å². The van der Waals surface area contributed by atoms with Crippen LogP contribution in [0, 0.1) is 0 Å². The molecule has 0 radical (unpaired) electrons. The van der Waals surface area contributed by atoms with E-state index in [-0.39, 0.29) is 5.54 Å². The Kier molecular flexibility index (Phi) is 2.69. The number of nitrogens with zero attached hydrogens (tertiary/aromatic N) is 1. The van der Waals surface area contributed by atoms with Crippen LogP contribution in [-0.2, 0) is 9.53 Å². The molecule has 1 aliphatic heterocycles. The van der Waals surface area contributed by atoms with Gasteiger partial charge in [0.05, 0.1) is 0 Å². The maximum atomic E-state index is 11.4. The Morgan fingerprint density at radius 3 is 2.50 bits per heavy atom. The average molecular weight is 201 g/mol. The minimum atomic E-state index is -1.08. The number of rotatable bonds is 1. The fourth-order valence-corrected chi connectivity index (χ4v) is 1.37. The first-order valence-electron chi connectivity index (χ1n) is 4.53. The second-order valence-corrected chi connectivity index (χ2v) is 4.32. The molecule has 14 heavy (non-hydrogen) atoms. The van der Waals surface area contributed by atoms with Gasteiger partial charge in [-0.25, -0.2) is 9.59 Å². The molecule has 0 aromatic rings. The van der Waals surface area contributed by atoms with Crippen LogP contribution in [0.4, 0.5) is 4.79 Å². The molecule has 80 valence electrons. The number of aliphatic carboxylic acids is 1. The number of cyclic esters (lactones) is 1. The van der Waals surface area contributed by atoms with Gasteiger partial charge in [0.2, 0.25) is 6.10 Å². The lowest BCUT2D eigenvalue weighted by molar-refractivity contribution is -0.150. The van der Waals surface area contributed by atoms with Gasteiger partial charge in [-0.1, -0.05) is 0 Å². The van der Waals surface area contributed by atoms with E-state index in [1.165, 1.54) is 4.90 Å². The maximum Gasteiger partial charge on any atom is 0.411 e. The highest BCUT2D eigenvalue weighted by Crippen LogP contribution is 2.21. The number of hydrogen-bond acceptors (Lipinski definition) is 3. The van der Waals surface area contributed by atoms with E-state index in [4.69, 9.17) is 9.84 Å². The van der Waals surface area contributed by atoms with E-state index in [1.54, 1.807) is 0 Å². The van der Waals surface area contributed by atoms with Crippen molar-refractivity contribution in [1.29, 1.82) is 0 Å². The smallest absolute Gasteiger partial charge is 0.411 e. The average Bonchev–Trinajstić information content (AvgIpc) is 2.01. The van der Waals surface area contributed by atoms with Gasteiger partial charge in [-0.05, 0) is 20.8 Å². The van der Waals surface area contributed by atoms with Crippen LogP contribution in [0.15, 0.2) is 0 Å². The van der Waals surface area contributed by atoms with Crippen LogP contribution >= 0.6 is 0 Å². The van der Waals surface area contributed by atoms with E-state index in [9.17, 15) is 9.59 Å². The third kappa shape index (κ3) is 2.16. The summed E-state index contributed by atoms with van der Waals surface area (Å²) in [6.07, 6.45) is -1.18. The number of hydrogen-bond donors (Lipinski definition) is 1. The number of carboxylic acids is 1. The summed E-state index contributed by atoms with van der Waals surface area (Å²) in [5.74, 6) is -1.08. The predicted octanol–water partition coefficient (Wildman–Crippen LogP) is 1.08. The number of ether oxygens (including phenoxy) is 1. The number of amides is 1. The summed E-state index contributed by atoms with van der Waals surface area (Å²) >= 11 is 0. The zero-order valence-corrected chi connectivity index (χ0v) is 8.61. The van der Waals surface area contributed by atoms with Gasteiger partial charge in [0.1, 0.15) is 0 Å². The summed E-state index contributed by atoms with van der Waals surface area (Å²) in [6.45, 7) is 6.08. The Balaban J connectivity index is 2.66. The van der Waals surface area contributed by atoms with E-state index >= 15 is 0 Å². The van der Waals surface area contributed by atoms with Crippen LogP contribution in [0.5, 0.6) is 0 Å². The second-order valence-electron chi connectivity index (χ2n) is 4.32. The molecule has 1 rings (SSSR count). The van der Waals surface area contributed by atoms with E-state index < -0.39 is 18.2 Å². The number of carbonyl (C=O) groups excluding carboxylic acids is 1. The molecular weight excluding hydrogens is 186 g/mol. The minimum Gasteiger partial charge on any atom is -0.479 e. The summed E-state index contributed by atoms with van der Waals surface area (Å²) in [6, 6.07) is 0. The lowest BCUT2D eigenvalue weighted by Gasteiger charge is -2.39. The van der Waals surface area contributed by atoms with E-state index in [1.807, 2.05) is 20.8 Å². The Labute approximate surface area is 82.6 Å². The van der Waals surface area contributed by atoms with E-state index in [0.717, 1.165) is 0 Å². The molecule has 1 amide bonds. The summed E-state index contributed by atoms with van der Waals surface area (Å²) in [5, 5.41) is 8.65. The molecule has 5 heteroatoms. The van der Waals surface area contributed by atoms with Gasteiger partial charge in [0.25, 0.3) is 0 Å². The van der Waals surface area contributed by atoms with Gasteiger partial charge in [0.15, 0.2) is 0 Å². The molecular formula is C9H15NO4. The lowest BCUT2D eigenvalue weighted by Crippen LogP contribution is -2.52. The van der Waals surface area contributed by atoms with E-state index in [2.05, 4.69) is 0 Å². The molecule has 0 saturated carbocycles. The Hall–Kier alpha value is -1.26. The summed E-state index contributed by atoms with van der Waals surface area (Å²) in [4.78, 5) is 23.5. The SMILES string of the molecule is CC(C)(C)N1CCC(C(=O)O)OC1=O. The molecule has 1 heterocycles. The fraction of sp³-hybridized carbons (Fsp3) is 0.778. The summed E-state index contributed by atoms with van der Waals surface area (Å²) in [5.41, 5.74) is -0.319. The first kappa shape index (κ1) is 10.8. The fourth-order valence-electron chi connectivity index (χ4n) is 1.37. The minimum absolute atomic E-state index is 0.319. The van der Waals surface area contributed by atoms with Crippen molar-refractivity contribution < 1.29 is 19.4 Å². The standard InChI is InChI=1S/C9H15NO4/c1-9(2,3)10-5-4-6(7(11)12)14-8(10)13/h6H,4-5H2,1-3H3,(H,11,12). The van der Waals surface area contributed by atoms with Crippen LogP contribution in [0.2, 0.25) is 0 Å². The molecule has 0 aliphatic carbocycles. The van der Waals surface area contributed by atoms with Crippen molar-refractivity contribution in [2.24, 2.45) is 0 Å². The molecule has 1 N–H and O–H groups in total. The highest BCUT2D eigenvalue weighted by molar-refractivity contribution is 5.78. The Bertz CT molecular complexity index is 256. The molecule has 0 aromatic carbocycles. The zero-order valence-electron chi connectivity index (χ0n) is 8.61. The van der Waals surface area contributed by atoms with Crippen molar-refractivity contribution in [2.45, 2.75) is 38.8 Å². The third-order valence-electron chi connectivity index (χ3n) is 2.16. The maximum absolute atomic E-state index is 11.4. The Morgan fingerprint density at radius 1 is 1.57 bits per heavy atom. The Morgan fingerprint density at radius 2 is 2.14 bits per heavy atom. The number of carboxylic acid groups (broad SMARTS) is 1. The van der Waals surface area contributed by atoms with Crippen molar-refractivity contribution in [2.75, 3.05) is 6.54 Å². The van der Waals surface area contributed by atoms with Crippen LogP contribution in [-0.4, -0.2) is 40.3 Å². The van der Waals surface area contributed by atoms with Crippen molar-refractivity contribution in [1.82, 2.24) is 4.90 Å². The second kappa shape index (κ2) is 3.48. The van der Waals surface area contributed by atoms with Gasteiger partial charge in [-0.3, -0.25) is 0 Å². The third-order valence-corrected chi connectivity index (χ3v) is 2.16. The molecule has 1 fully saturated rings. The largest absolute Gasteiger partial charge is 0.479 e. The van der Waals surface area contributed by atoms with Gasteiger partial charge in [0, 0.05) is 18.5 Å². The van der Waals surface area contributed by atoms with Crippen molar-refractivity contribution in [3.05, 3.63) is 0 Å². The molecule has 1 atom stereocenters. The zero-order chi connectivity index (χ0) is 10.9. The van der Waals surface area contributed by atoms with Gasteiger partial charge in [-0.15, -0.1) is 0 Å². The van der Waals surface area contributed by atoms with Gasteiger partial charge < -0.3 is 14.7 Å². The van der Waals surface area contributed by atoms with Gasteiger partial charge in [-0.2, -0.15) is 0 Å². The van der Waals surface area contributed by atoms with Crippen LogP contribution in [0.25, 0.3) is 0 Å². The molecule has 1 unspecified atom stereocenters. The molecule has 0 aromatic heterocycles. The van der Waals surface area contributed by atoms with Crippen molar-refractivity contribution in [3.63, 3.8) is 0 Å². The van der Waals surface area contributed by atoms with E-state index in [0.29, 0.717) is 13.0 Å². The van der Waals surface area contributed by atoms with Gasteiger partial charge >= 0.3 is 12.1 Å². The summed E-state index contributed by atoms with van der Waals surface area (Å²) in [7, 11) is 0. The molecule has 0 spiro atoms. The van der Waals surface area contributed by atoms with Crippen LogP contribution in [0.3, 0.4) is 0 Å². The molecule has 5 nitrogen and oxygen atoms in total. The normalized spacial score (nSPS) is 23.2. The number of carbonyl (C=O) groups is 2. The molecule has 1 aliphatic rings. The first-order chi connectivity index (χ1) is 6.32. The topological polar surface area (TPSA) is 66.8 Å². The monoisotopic (exact) mass is 201 g/mol. The predicted molar refractivity (Wildman–Crippen MR) is 49.0 cm³/mol. The van der Waals surface area contributed by atoms with Crippen molar-refractivity contribution in [3.8, 4) is 0 Å². The quantitative estimate of drug-likeness (QED) is 0.689. The van der Waals surface area contributed by atoms with Crippen LogP contribution < -0.4 is 0 Å². The highest BCUT2D eigenvalue weighted by atomic mass is 16.6. The molecule has 0 bridgehead atoms. The molecule has 1 saturated heterocycles. The first-order valence-corrected chi connectivity index (χ1v) is 4.53. The lowest BCUT2D eigenvalue weighted by atomic mass is 10.0. The summed E-state index contributed by atoms with van der Waals surface area (Å²) < 4.78 is 4.77. The highest BCUT2D eigenvalue weighted by Gasteiger charge is 2.36.